The standard InChI is InChI=1S/C13H20N4O4/c1-9(2)16(6-7-21-3)13(18)11-8-10(17(19)20)4-5-12(11)15-14/h4-5,8-9,15H,6-7,14H2,1-3H3. The minimum atomic E-state index is -0.550. The van der Waals surface area contributed by atoms with E-state index in [0.717, 1.165) is 0 Å². The van der Waals surface area contributed by atoms with Gasteiger partial charge in [0.2, 0.25) is 0 Å². The molecule has 0 saturated heterocycles. The molecule has 0 heterocycles. The highest BCUT2D eigenvalue weighted by molar-refractivity contribution is 6.00. The van der Waals surface area contributed by atoms with Gasteiger partial charge in [0, 0.05) is 31.8 Å². The number of nitro benzene ring substituents is 1. The van der Waals surface area contributed by atoms with Crippen LogP contribution >= 0.6 is 0 Å². The van der Waals surface area contributed by atoms with E-state index in [1.807, 2.05) is 13.8 Å². The van der Waals surface area contributed by atoms with Crippen LogP contribution in [0.25, 0.3) is 0 Å². The molecule has 3 N–H and O–H groups in total. The summed E-state index contributed by atoms with van der Waals surface area (Å²) in [5, 5.41) is 10.9. The van der Waals surface area contributed by atoms with Gasteiger partial charge in [-0.25, -0.2) is 0 Å². The van der Waals surface area contributed by atoms with Gasteiger partial charge >= 0.3 is 0 Å². The second kappa shape index (κ2) is 7.55. The van der Waals surface area contributed by atoms with Crippen LogP contribution in [-0.2, 0) is 4.74 Å². The summed E-state index contributed by atoms with van der Waals surface area (Å²) in [7, 11) is 1.54. The summed E-state index contributed by atoms with van der Waals surface area (Å²) >= 11 is 0. The van der Waals surface area contributed by atoms with Crippen molar-refractivity contribution in [3.8, 4) is 0 Å². The topological polar surface area (TPSA) is 111 Å². The Bertz CT molecular complexity index is 519. The molecule has 0 bridgehead atoms. The number of rotatable bonds is 7. The van der Waals surface area contributed by atoms with E-state index in [9.17, 15) is 14.9 Å². The van der Waals surface area contributed by atoms with Crippen molar-refractivity contribution >= 4 is 17.3 Å². The predicted molar refractivity (Wildman–Crippen MR) is 79.0 cm³/mol. The minimum absolute atomic E-state index is 0.0717. The maximum Gasteiger partial charge on any atom is 0.270 e. The van der Waals surface area contributed by atoms with Crippen molar-refractivity contribution in [2.24, 2.45) is 5.84 Å². The molecule has 8 heteroatoms. The fourth-order valence-corrected chi connectivity index (χ4v) is 1.89. The van der Waals surface area contributed by atoms with Crippen molar-refractivity contribution in [2.45, 2.75) is 19.9 Å². The number of hydrogen-bond acceptors (Lipinski definition) is 6. The number of hydrazine groups is 1. The van der Waals surface area contributed by atoms with Gasteiger partial charge in [0.25, 0.3) is 11.6 Å². The number of amides is 1. The van der Waals surface area contributed by atoms with Crippen molar-refractivity contribution < 1.29 is 14.5 Å². The molecule has 1 aromatic carbocycles. The molecule has 1 amide bonds. The molecule has 0 atom stereocenters. The number of nitro groups is 1. The Kier molecular flexibility index (Phi) is 6.07. The molecule has 1 aromatic rings. The number of nitrogens with two attached hydrogens (primary N) is 1. The minimum Gasteiger partial charge on any atom is -0.383 e. The van der Waals surface area contributed by atoms with Gasteiger partial charge in [0.1, 0.15) is 0 Å². The fraction of sp³-hybridized carbons (Fsp3) is 0.462. The number of nitrogens with zero attached hydrogens (tertiary/aromatic N) is 2. The number of anilines is 1. The molecule has 0 aliphatic heterocycles. The second-order valence-electron chi connectivity index (χ2n) is 4.72. The molecule has 21 heavy (non-hydrogen) atoms. The lowest BCUT2D eigenvalue weighted by Gasteiger charge is -2.27. The summed E-state index contributed by atoms with van der Waals surface area (Å²) in [5.74, 6) is 5.04. The normalized spacial score (nSPS) is 10.5. The van der Waals surface area contributed by atoms with Crippen molar-refractivity contribution in [1.29, 1.82) is 0 Å². The zero-order valence-electron chi connectivity index (χ0n) is 12.3. The van der Waals surface area contributed by atoms with E-state index in [1.165, 1.54) is 18.2 Å². The Hall–Kier alpha value is -2.19. The first-order valence-corrected chi connectivity index (χ1v) is 6.47. The molecule has 0 fully saturated rings. The van der Waals surface area contributed by atoms with Gasteiger partial charge in [-0.15, -0.1) is 0 Å². The number of carbonyl (C=O) groups is 1. The molecular weight excluding hydrogens is 276 g/mol. The summed E-state index contributed by atoms with van der Waals surface area (Å²) in [4.78, 5) is 24.5. The molecule has 1 rings (SSSR count). The summed E-state index contributed by atoms with van der Waals surface area (Å²) in [5.41, 5.74) is 2.74. The van der Waals surface area contributed by atoms with E-state index in [4.69, 9.17) is 10.6 Å². The lowest BCUT2D eigenvalue weighted by Crippen LogP contribution is -2.39. The number of hydrogen-bond donors (Lipinski definition) is 2. The molecule has 0 radical (unpaired) electrons. The molecule has 0 saturated carbocycles. The quantitative estimate of drug-likeness (QED) is 0.446. The first-order chi connectivity index (χ1) is 9.92. The molecule has 0 aromatic heterocycles. The summed E-state index contributed by atoms with van der Waals surface area (Å²) in [6.07, 6.45) is 0. The number of carbonyl (C=O) groups excluding carboxylic acids is 1. The Morgan fingerprint density at radius 3 is 2.67 bits per heavy atom. The molecule has 8 nitrogen and oxygen atoms in total. The SMILES string of the molecule is COCCN(C(=O)c1cc([N+](=O)[O-])ccc1NN)C(C)C. The maximum atomic E-state index is 12.6. The summed E-state index contributed by atoms with van der Waals surface area (Å²) in [6.45, 7) is 4.49. The average Bonchev–Trinajstić information content (AvgIpc) is 2.46. The van der Waals surface area contributed by atoms with Crippen LogP contribution in [0.2, 0.25) is 0 Å². The highest BCUT2D eigenvalue weighted by atomic mass is 16.6. The largest absolute Gasteiger partial charge is 0.383 e. The molecule has 0 spiro atoms. The maximum absolute atomic E-state index is 12.6. The average molecular weight is 296 g/mol. The van der Waals surface area contributed by atoms with Crippen LogP contribution in [0.1, 0.15) is 24.2 Å². The smallest absolute Gasteiger partial charge is 0.270 e. The van der Waals surface area contributed by atoms with Crippen LogP contribution in [0, 0.1) is 10.1 Å². The number of non-ortho nitro benzene ring substituents is 1. The fourth-order valence-electron chi connectivity index (χ4n) is 1.89. The van der Waals surface area contributed by atoms with Gasteiger partial charge in [0.15, 0.2) is 0 Å². The zero-order chi connectivity index (χ0) is 16.0. The second-order valence-corrected chi connectivity index (χ2v) is 4.72. The van der Waals surface area contributed by atoms with Crippen LogP contribution in [0.15, 0.2) is 18.2 Å². The zero-order valence-corrected chi connectivity index (χ0v) is 12.3. The first kappa shape index (κ1) is 16.9. The van der Waals surface area contributed by atoms with Crippen LogP contribution in [-0.4, -0.2) is 42.0 Å². The number of methoxy groups -OCH3 is 1. The molecule has 116 valence electrons. The van der Waals surface area contributed by atoms with Gasteiger partial charge in [-0.3, -0.25) is 20.8 Å². The monoisotopic (exact) mass is 296 g/mol. The highest BCUT2D eigenvalue weighted by Crippen LogP contribution is 2.23. The van der Waals surface area contributed by atoms with Gasteiger partial charge in [0.05, 0.1) is 22.8 Å². The third-order valence-electron chi connectivity index (χ3n) is 3.02. The highest BCUT2D eigenvalue weighted by Gasteiger charge is 2.23. The molecule has 0 unspecified atom stereocenters. The van der Waals surface area contributed by atoms with Crippen molar-refractivity contribution in [1.82, 2.24) is 4.90 Å². The third kappa shape index (κ3) is 4.14. The van der Waals surface area contributed by atoms with Gasteiger partial charge in [-0.1, -0.05) is 0 Å². The molecular formula is C13H20N4O4. The van der Waals surface area contributed by atoms with Crippen LogP contribution < -0.4 is 11.3 Å². The summed E-state index contributed by atoms with van der Waals surface area (Å²) in [6, 6.07) is 3.86. The Morgan fingerprint density at radius 2 is 2.19 bits per heavy atom. The number of nitrogens with one attached hydrogen (secondary N) is 1. The van der Waals surface area contributed by atoms with E-state index < -0.39 is 4.92 Å². The number of ether oxygens (including phenoxy) is 1. The van der Waals surface area contributed by atoms with Crippen molar-refractivity contribution in [2.75, 3.05) is 25.7 Å². The van der Waals surface area contributed by atoms with Gasteiger partial charge in [-0.05, 0) is 19.9 Å². The van der Waals surface area contributed by atoms with Crippen LogP contribution in [0.5, 0.6) is 0 Å². The van der Waals surface area contributed by atoms with Crippen molar-refractivity contribution in [3.05, 3.63) is 33.9 Å². The Morgan fingerprint density at radius 1 is 1.52 bits per heavy atom. The number of nitrogen functional groups attached to an aromatic ring is 1. The van der Waals surface area contributed by atoms with Gasteiger partial charge in [-0.2, -0.15) is 0 Å². The van der Waals surface area contributed by atoms with Crippen molar-refractivity contribution in [3.63, 3.8) is 0 Å². The summed E-state index contributed by atoms with van der Waals surface area (Å²) < 4.78 is 4.98. The third-order valence-corrected chi connectivity index (χ3v) is 3.02. The van der Waals surface area contributed by atoms with E-state index in [0.29, 0.717) is 18.8 Å². The van der Waals surface area contributed by atoms with Crippen LogP contribution in [0.3, 0.4) is 0 Å². The molecule has 0 aliphatic rings. The Labute approximate surface area is 123 Å². The first-order valence-electron chi connectivity index (χ1n) is 6.47. The Balaban J connectivity index is 3.18. The predicted octanol–water partition coefficient (Wildman–Crippen LogP) is 1.38. The van der Waals surface area contributed by atoms with E-state index in [2.05, 4.69) is 5.43 Å². The van der Waals surface area contributed by atoms with Crippen LogP contribution in [0.4, 0.5) is 11.4 Å². The van der Waals surface area contributed by atoms with E-state index in [-0.39, 0.29) is 23.2 Å². The lowest BCUT2D eigenvalue weighted by atomic mass is 10.1. The number of benzene rings is 1. The van der Waals surface area contributed by atoms with E-state index in [1.54, 1.807) is 12.0 Å². The lowest BCUT2D eigenvalue weighted by molar-refractivity contribution is -0.384. The molecule has 0 aliphatic carbocycles. The van der Waals surface area contributed by atoms with E-state index >= 15 is 0 Å². The van der Waals surface area contributed by atoms with Gasteiger partial charge < -0.3 is 15.1 Å².